The molecule has 69 heavy (non-hydrogen) atoms. The van der Waals surface area contributed by atoms with Crippen LogP contribution < -0.4 is 15.7 Å². The number of anilines is 2. The van der Waals surface area contributed by atoms with E-state index in [1.807, 2.05) is 0 Å². The Morgan fingerprint density at radius 1 is 0.435 bits per heavy atom. The van der Waals surface area contributed by atoms with Crippen molar-refractivity contribution in [1.29, 1.82) is 0 Å². The lowest BCUT2D eigenvalue weighted by atomic mass is 9.44. The monoisotopic (exact) mass is 904 g/mol. The van der Waals surface area contributed by atoms with Crippen molar-refractivity contribution < 1.29 is 4.42 Å². The van der Waals surface area contributed by atoms with Crippen molar-refractivity contribution in [2.24, 2.45) is 0 Å². The molecule has 0 saturated carbocycles. The van der Waals surface area contributed by atoms with Gasteiger partial charge >= 0.3 is 6.85 Å². The zero-order chi connectivity index (χ0) is 48.6. The quantitative estimate of drug-likeness (QED) is 0.162. The van der Waals surface area contributed by atoms with Gasteiger partial charge in [0, 0.05) is 49.6 Å². The Hall–Kier alpha value is -6.46. The fourth-order valence-electron chi connectivity index (χ4n) is 11.7. The zero-order valence-electron chi connectivity index (χ0n) is 43.5. The molecule has 346 valence electrons. The van der Waals surface area contributed by atoms with Crippen LogP contribution >= 0.6 is 0 Å². The van der Waals surface area contributed by atoms with Crippen LogP contribution in [0.2, 0.25) is 0 Å². The number of nitrogens with zero attached hydrogens (tertiary/aromatic N) is 3. The molecule has 0 saturated heterocycles. The molecule has 0 atom stereocenters. The van der Waals surface area contributed by atoms with Crippen molar-refractivity contribution in [3.8, 4) is 22.5 Å². The van der Waals surface area contributed by atoms with Gasteiger partial charge in [-0.25, -0.2) is 0 Å². The Bertz CT molecular complexity index is 3790. The van der Waals surface area contributed by atoms with Crippen molar-refractivity contribution in [3.63, 3.8) is 0 Å². The summed E-state index contributed by atoms with van der Waals surface area (Å²) in [6.45, 7) is 34.9. The van der Waals surface area contributed by atoms with Crippen LogP contribution in [0.4, 0.5) is 11.6 Å². The third-order valence-electron chi connectivity index (χ3n) is 15.6. The lowest BCUT2D eigenvalue weighted by Gasteiger charge is -2.40. The minimum Gasteiger partial charge on any atom is -0.440 e. The van der Waals surface area contributed by atoms with Crippen LogP contribution in [0.5, 0.6) is 0 Å². The Kier molecular flexibility index (Phi) is 8.94. The maximum atomic E-state index is 7.69. The van der Waals surface area contributed by atoms with Gasteiger partial charge in [-0.2, -0.15) is 0 Å². The predicted molar refractivity (Wildman–Crippen MR) is 297 cm³/mol. The Morgan fingerprint density at radius 3 is 1.68 bits per heavy atom. The van der Waals surface area contributed by atoms with E-state index in [4.69, 9.17) is 4.42 Å². The lowest BCUT2D eigenvalue weighted by Crippen LogP contribution is -2.60. The van der Waals surface area contributed by atoms with Crippen molar-refractivity contribution in [2.45, 2.75) is 131 Å². The maximum absolute atomic E-state index is 7.69. The predicted octanol–water partition coefficient (Wildman–Crippen LogP) is 16.4. The van der Waals surface area contributed by atoms with E-state index in [9.17, 15) is 0 Å². The van der Waals surface area contributed by atoms with Crippen LogP contribution in [0, 0.1) is 0 Å². The normalized spacial score (nSPS) is 14.2. The first-order valence-corrected chi connectivity index (χ1v) is 25.2. The van der Waals surface area contributed by atoms with Crippen molar-refractivity contribution in [1.82, 2.24) is 9.13 Å². The number of benzene rings is 7. The first-order chi connectivity index (χ1) is 32.4. The SMILES string of the molecule is CC(C)(C)c1ccc(N2B3c4c(cc(C(C)(C)C)cc4-n4c5ccc(C(C)(C)C)cc5c5c4c3cc3c4ccccc4n(-c4ccccc4)c35)-c3c2oc2c(C(C)(C)C)cc(C(C)(C)C)cc32)cc1. The number of fused-ring (bicyclic) bond motifs is 13. The summed E-state index contributed by atoms with van der Waals surface area (Å²) in [5.74, 6) is 0.916. The van der Waals surface area contributed by atoms with Gasteiger partial charge in [0.25, 0.3) is 0 Å². The molecule has 4 nitrogen and oxygen atoms in total. The summed E-state index contributed by atoms with van der Waals surface area (Å²) in [6.07, 6.45) is 0. The molecule has 0 fully saturated rings. The van der Waals surface area contributed by atoms with Gasteiger partial charge in [0.15, 0.2) is 5.88 Å². The smallest absolute Gasteiger partial charge is 0.336 e. The summed E-state index contributed by atoms with van der Waals surface area (Å²) in [5, 5.41) is 6.28. The molecule has 5 heteroatoms. The van der Waals surface area contributed by atoms with E-state index in [0.717, 1.165) is 22.8 Å². The summed E-state index contributed by atoms with van der Waals surface area (Å²) >= 11 is 0. The van der Waals surface area contributed by atoms with Crippen molar-refractivity contribution >= 4 is 83.9 Å². The van der Waals surface area contributed by atoms with Crippen molar-refractivity contribution in [2.75, 3.05) is 4.81 Å². The van der Waals surface area contributed by atoms with Gasteiger partial charge in [-0.3, -0.25) is 0 Å². The molecule has 2 aliphatic rings. The van der Waals surface area contributed by atoms with E-state index in [1.165, 1.54) is 105 Å². The minimum absolute atomic E-state index is 0.000887. The van der Waals surface area contributed by atoms with Gasteiger partial charge in [-0.05, 0) is 120 Å². The summed E-state index contributed by atoms with van der Waals surface area (Å²) in [5.41, 5.74) is 20.6. The second-order valence-electron chi connectivity index (χ2n) is 25.5. The van der Waals surface area contributed by atoms with E-state index in [1.54, 1.807) is 0 Å². The number of rotatable bonds is 2. The third-order valence-corrected chi connectivity index (χ3v) is 15.6. The fourth-order valence-corrected chi connectivity index (χ4v) is 11.7. The topological polar surface area (TPSA) is 26.2 Å². The highest BCUT2D eigenvalue weighted by atomic mass is 16.4. The largest absolute Gasteiger partial charge is 0.440 e. The number of hydrogen-bond donors (Lipinski definition) is 0. The van der Waals surface area contributed by atoms with Crippen LogP contribution in [-0.2, 0) is 27.1 Å². The number of hydrogen-bond acceptors (Lipinski definition) is 2. The van der Waals surface area contributed by atoms with Crippen LogP contribution in [0.3, 0.4) is 0 Å². The molecule has 0 amide bonds. The Morgan fingerprint density at radius 2 is 1.03 bits per heavy atom. The summed E-state index contributed by atoms with van der Waals surface area (Å²) in [6, 6.07) is 49.3. The minimum atomic E-state index is -0.206. The first-order valence-electron chi connectivity index (χ1n) is 25.2. The molecule has 0 N–H and O–H groups in total. The van der Waals surface area contributed by atoms with Gasteiger partial charge in [-0.1, -0.05) is 177 Å². The van der Waals surface area contributed by atoms with E-state index in [0.29, 0.717) is 0 Å². The highest BCUT2D eigenvalue weighted by Gasteiger charge is 2.48. The summed E-state index contributed by atoms with van der Waals surface area (Å²) < 4.78 is 12.9. The number of furan rings is 1. The highest BCUT2D eigenvalue weighted by Crippen LogP contribution is 2.53. The molecule has 5 heterocycles. The standard InChI is InChI=1S/C64H66BN3O/c1-60(2,3)37-25-28-42(29-26-37)68-59-53(47-33-39(62(7,8)9)34-48(58(47)69-59)64(13,14)15)46-32-40(63(10,11)12)35-52-55(46)65(68)49-36-44-43-23-19-20-24-50(43)66(41-21-17-16-18-22-41)56(44)54-45-31-38(61(4,5)6)27-30-51(45)67(52)57(49)54/h16-36H,1-15H3. The van der Waals surface area contributed by atoms with E-state index in [2.05, 4.69) is 245 Å². The molecule has 10 aromatic rings. The fraction of sp³-hybridized carbons (Fsp3) is 0.312. The number of para-hydroxylation sites is 2. The average Bonchev–Trinajstić information content (AvgIpc) is 3.94. The molecular weight excluding hydrogens is 838 g/mol. The van der Waals surface area contributed by atoms with Crippen LogP contribution in [0.25, 0.3) is 77.1 Å². The molecule has 2 aliphatic heterocycles. The molecule has 0 aliphatic carbocycles. The second-order valence-corrected chi connectivity index (χ2v) is 25.5. The van der Waals surface area contributed by atoms with Crippen LogP contribution in [0.15, 0.2) is 132 Å². The van der Waals surface area contributed by atoms with Gasteiger partial charge in [0.2, 0.25) is 0 Å². The summed E-state index contributed by atoms with van der Waals surface area (Å²) in [7, 11) is 0. The van der Waals surface area contributed by atoms with Crippen LogP contribution in [-0.4, -0.2) is 16.0 Å². The maximum Gasteiger partial charge on any atom is 0.336 e. The Labute approximate surface area is 409 Å². The summed E-state index contributed by atoms with van der Waals surface area (Å²) in [4.78, 5) is 2.59. The molecule has 0 radical (unpaired) electrons. The van der Waals surface area contributed by atoms with Gasteiger partial charge in [0.1, 0.15) is 5.58 Å². The van der Waals surface area contributed by atoms with Gasteiger partial charge in [-0.15, -0.1) is 0 Å². The van der Waals surface area contributed by atoms with E-state index in [-0.39, 0.29) is 33.9 Å². The van der Waals surface area contributed by atoms with Gasteiger partial charge in [0.05, 0.1) is 27.6 Å². The zero-order valence-corrected chi connectivity index (χ0v) is 43.5. The number of aromatic nitrogens is 2. The molecule has 0 spiro atoms. The highest BCUT2D eigenvalue weighted by molar-refractivity contribution is 6.94. The van der Waals surface area contributed by atoms with Gasteiger partial charge < -0.3 is 18.4 Å². The third kappa shape index (κ3) is 6.34. The second kappa shape index (κ2) is 14.1. The molecule has 7 aromatic carbocycles. The first kappa shape index (κ1) is 43.8. The molecule has 12 rings (SSSR count). The lowest BCUT2D eigenvalue weighted by molar-refractivity contribution is 0.552. The van der Waals surface area contributed by atoms with Crippen molar-refractivity contribution in [3.05, 3.63) is 155 Å². The molecule has 0 unspecified atom stereocenters. The van der Waals surface area contributed by atoms with E-state index < -0.39 is 0 Å². The molecular formula is C64H66BN3O. The van der Waals surface area contributed by atoms with Crippen LogP contribution in [0.1, 0.15) is 132 Å². The Balaban J connectivity index is 1.33. The van der Waals surface area contributed by atoms with E-state index >= 15 is 0 Å². The molecule has 0 bridgehead atoms. The molecule has 3 aromatic heterocycles. The average molecular weight is 904 g/mol.